The summed E-state index contributed by atoms with van der Waals surface area (Å²) in [6.07, 6.45) is 0. The van der Waals surface area contributed by atoms with Crippen LogP contribution in [0.3, 0.4) is 0 Å². The summed E-state index contributed by atoms with van der Waals surface area (Å²) in [6, 6.07) is 22.0. The Morgan fingerprint density at radius 2 is 1.48 bits per heavy atom. The van der Waals surface area contributed by atoms with Crippen molar-refractivity contribution in [2.45, 2.75) is 0 Å². The first-order valence-electron chi connectivity index (χ1n) is 7.12. The molecule has 0 atom stereocenters. The van der Waals surface area contributed by atoms with Crippen molar-refractivity contribution in [1.82, 2.24) is 4.98 Å². The Kier molecular flexibility index (Phi) is 3.68. The molecule has 3 aromatic carbocycles. The molecule has 112 valence electrons. The van der Waals surface area contributed by atoms with Crippen molar-refractivity contribution in [2.24, 2.45) is 0 Å². The van der Waals surface area contributed by atoms with E-state index in [1.165, 1.54) is 5.56 Å². The Morgan fingerprint density at radius 3 is 2.22 bits per heavy atom. The van der Waals surface area contributed by atoms with Gasteiger partial charge in [-0.15, -0.1) is 0 Å². The number of fused-ring (bicyclic) bond motifs is 1. The Morgan fingerprint density at radius 1 is 0.826 bits per heavy atom. The second-order valence-electron chi connectivity index (χ2n) is 5.20. The van der Waals surface area contributed by atoms with Crippen molar-refractivity contribution >= 4 is 38.6 Å². The molecule has 4 aromatic rings. The third kappa shape index (κ3) is 2.78. The minimum atomic E-state index is 0.586. The number of aromatic nitrogens is 1. The number of hydrogen-bond donors (Lipinski definition) is 0. The summed E-state index contributed by atoms with van der Waals surface area (Å²) in [4.78, 5) is 4.55. The van der Waals surface area contributed by atoms with Crippen LogP contribution in [-0.2, 0) is 0 Å². The zero-order valence-corrected chi connectivity index (χ0v) is 14.3. The predicted molar refractivity (Wildman–Crippen MR) is 97.6 cm³/mol. The highest BCUT2D eigenvalue weighted by Gasteiger charge is 2.12. The molecule has 1 heterocycles. The van der Waals surface area contributed by atoms with Crippen molar-refractivity contribution in [1.29, 1.82) is 0 Å². The molecule has 0 aliphatic carbocycles. The third-order valence-electron chi connectivity index (χ3n) is 3.65. The van der Waals surface area contributed by atoms with E-state index in [0.29, 0.717) is 16.5 Å². The van der Waals surface area contributed by atoms with Gasteiger partial charge in [-0.3, -0.25) is 0 Å². The summed E-state index contributed by atoms with van der Waals surface area (Å²) >= 11 is 9.52. The summed E-state index contributed by atoms with van der Waals surface area (Å²) in [5.74, 6) is 0.586. The number of nitrogens with zero attached hydrogens (tertiary/aromatic N) is 1. The van der Waals surface area contributed by atoms with E-state index >= 15 is 0 Å². The van der Waals surface area contributed by atoms with E-state index in [9.17, 15) is 0 Å². The maximum absolute atomic E-state index is 6.05. The molecule has 0 bridgehead atoms. The number of rotatable bonds is 2. The van der Waals surface area contributed by atoms with E-state index in [-0.39, 0.29) is 0 Å². The Bertz CT molecular complexity index is 978. The maximum atomic E-state index is 6.05. The zero-order chi connectivity index (χ0) is 15.8. The lowest BCUT2D eigenvalue weighted by Gasteiger charge is -2.02. The van der Waals surface area contributed by atoms with E-state index in [2.05, 4.69) is 45.2 Å². The quantitative estimate of drug-likeness (QED) is 0.390. The molecule has 0 saturated carbocycles. The third-order valence-corrected chi connectivity index (χ3v) is 4.47. The highest BCUT2D eigenvalue weighted by molar-refractivity contribution is 9.10. The summed E-state index contributed by atoms with van der Waals surface area (Å²) in [7, 11) is 0. The van der Waals surface area contributed by atoms with E-state index in [4.69, 9.17) is 16.0 Å². The molecule has 0 N–H and O–H groups in total. The topological polar surface area (TPSA) is 26.0 Å². The lowest BCUT2D eigenvalue weighted by molar-refractivity contribution is 0.620. The van der Waals surface area contributed by atoms with Gasteiger partial charge in [0.1, 0.15) is 5.52 Å². The normalized spacial score (nSPS) is 11.0. The Balaban J connectivity index is 1.75. The number of benzene rings is 3. The van der Waals surface area contributed by atoms with Gasteiger partial charge in [0, 0.05) is 21.1 Å². The molecule has 23 heavy (non-hydrogen) atoms. The number of halogens is 2. The fourth-order valence-electron chi connectivity index (χ4n) is 2.52. The van der Waals surface area contributed by atoms with Crippen LogP contribution in [0.1, 0.15) is 0 Å². The van der Waals surface area contributed by atoms with Crippen LogP contribution in [0.15, 0.2) is 75.6 Å². The largest absolute Gasteiger partial charge is 0.436 e. The summed E-state index contributed by atoms with van der Waals surface area (Å²) in [5.41, 5.74) is 4.73. The van der Waals surface area contributed by atoms with Crippen LogP contribution in [-0.4, -0.2) is 4.98 Å². The van der Waals surface area contributed by atoms with Crippen molar-refractivity contribution in [3.8, 4) is 22.6 Å². The highest BCUT2D eigenvalue weighted by atomic mass is 79.9. The van der Waals surface area contributed by atoms with Gasteiger partial charge in [-0.2, -0.15) is 0 Å². The van der Waals surface area contributed by atoms with Crippen LogP contribution in [0.25, 0.3) is 33.7 Å². The lowest BCUT2D eigenvalue weighted by atomic mass is 10.0. The van der Waals surface area contributed by atoms with E-state index in [0.717, 1.165) is 21.1 Å². The smallest absolute Gasteiger partial charge is 0.227 e. The second-order valence-corrected chi connectivity index (χ2v) is 6.49. The average molecular weight is 385 g/mol. The zero-order valence-electron chi connectivity index (χ0n) is 12.0. The fraction of sp³-hybridized carbons (Fsp3) is 0. The summed E-state index contributed by atoms with van der Waals surface area (Å²) in [5, 5.41) is 0.617. The van der Waals surface area contributed by atoms with Gasteiger partial charge in [0.15, 0.2) is 5.58 Å². The molecule has 0 aliphatic rings. The van der Waals surface area contributed by atoms with Crippen LogP contribution in [0, 0.1) is 0 Å². The van der Waals surface area contributed by atoms with Crippen LogP contribution in [0.4, 0.5) is 0 Å². The minimum absolute atomic E-state index is 0.586. The first kappa shape index (κ1) is 14.5. The van der Waals surface area contributed by atoms with Gasteiger partial charge in [0.2, 0.25) is 5.89 Å². The average Bonchev–Trinajstić information content (AvgIpc) is 3.00. The van der Waals surface area contributed by atoms with Gasteiger partial charge in [-0.05, 0) is 45.3 Å². The van der Waals surface area contributed by atoms with Crippen molar-refractivity contribution < 1.29 is 4.42 Å². The summed E-state index contributed by atoms with van der Waals surface area (Å²) < 4.78 is 6.67. The van der Waals surface area contributed by atoms with Crippen molar-refractivity contribution in [2.75, 3.05) is 0 Å². The molecule has 4 heteroatoms. The van der Waals surface area contributed by atoms with E-state index in [1.807, 2.05) is 36.4 Å². The van der Waals surface area contributed by atoms with E-state index < -0.39 is 0 Å². The fourth-order valence-corrected chi connectivity index (χ4v) is 3.39. The van der Waals surface area contributed by atoms with Gasteiger partial charge < -0.3 is 4.42 Å². The molecule has 2 nitrogen and oxygen atoms in total. The Labute approximate surface area is 146 Å². The summed E-state index contributed by atoms with van der Waals surface area (Å²) in [6.45, 7) is 0. The van der Waals surface area contributed by atoms with Crippen LogP contribution in [0.2, 0.25) is 5.02 Å². The van der Waals surface area contributed by atoms with Gasteiger partial charge in [-0.1, -0.05) is 54.1 Å². The highest BCUT2D eigenvalue weighted by Crippen LogP contribution is 2.32. The Hall–Kier alpha value is -2.10. The molecule has 0 spiro atoms. The molecule has 0 unspecified atom stereocenters. The molecular formula is C19H11BrClNO. The van der Waals surface area contributed by atoms with Crippen LogP contribution < -0.4 is 0 Å². The molecule has 1 aromatic heterocycles. The number of hydrogen-bond acceptors (Lipinski definition) is 2. The van der Waals surface area contributed by atoms with Crippen molar-refractivity contribution in [3.05, 3.63) is 76.2 Å². The first-order valence-corrected chi connectivity index (χ1v) is 8.29. The molecule has 0 aliphatic heterocycles. The first-order chi connectivity index (χ1) is 11.2. The maximum Gasteiger partial charge on any atom is 0.227 e. The van der Waals surface area contributed by atoms with Crippen LogP contribution in [0.5, 0.6) is 0 Å². The standard InChI is InChI=1S/C19H11BrClNO/c20-16-10-15(21)11-17-18(16)22-19(23-17)14-8-6-13(7-9-14)12-4-2-1-3-5-12/h1-11H. The van der Waals surface area contributed by atoms with Gasteiger partial charge in [0.25, 0.3) is 0 Å². The second kappa shape index (κ2) is 5.84. The molecule has 0 amide bonds. The lowest BCUT2D eigenvalue weighted by Crippen LogP contribution is -1.80. The monoisotopic (exact) mass is 383 g/mol. The minimum Gasteiger partial charge on any atom is -0.436 e. The molecule has 0 fully saturated rings. The van der Waals surface area contributed by atoms with E-state index in [1.54, 1.807) is 6.07 Å². The number of oxazole rings is 1. The molecule has 0 saturated heterocycles. The van der Waals surface area contributed by atoms with Gasteiger partial charge >= 0.3 is 0 Å². The molecular weight excluding hydrogens is 374 g/mol. The molecule has 0 radical (unpaired) electrons. The van der Waals surface area contributed by atoms with Gasteiger partial charge in [0.05, 0.1) is 0 Å². The predicted octanol–water partition coefficient (Wildman–Crippen LogP) is 6.58. The molecule has 4 rings (SSSR count). The van der Waals surface area contributed by atoms with Gasteiger partial charge in [-0.25, -0.2) is 4.98 Å². The SMILES string of the molecule is Clc1cc(Br)c2nc(-c3ccc(-c4ccccc4)cc3)oc2c1. The van der Waals surface area contributed by atoms with Crippen molar-refractivity contribution in [3.63, 3.8) is 0 Å². The van der Waals surface area contributed by atoms with Crippen LogP contribution >= 0.6 is 27.5 Å².